The first-order valence-corrected chi connectivity index (χ1v) is 6.41. The van der Waals surface area contributed by atoms with Crippen molar-refractivity contribution in [2.24, 2.45) is 5.73 Å². The molecule has 0 saturated carbocycles. The number of aromatic nitrogens is 2. The highest BCUT2D eigenvalue weighted by atomic mass is 32.2. The summed E-state index contributed by atoms with van der Waals surface area (Å²) < 4.78 is 5.36. The van der Waals surface area contributed by atoms with Gasteiger partial charge in [-0.2, -0.15) is 11.8 Å². The summed E-state index contributed by atoms with van der Waals surface area (Å²) in [6.07, 6.45) is 3.10. The van der Waals surface area contributed by atoms with Crippen LogP contribution in [-0.4, -0.2) is 28.2 Å². The number of hydrogen-bond donors (Lipinski definition) is 2. The highest BCUT2D eigenvalue weighted by molar-refractivity contribution is 7.98. The molecule has 0 radical (unpaired) electrons. The van der Waals surface area contributed by atoms with Gasteiger partial charge in [-0.05, 0) is 19.6 Å². The van der Waals surface area contributed by atoms with Crippen molar-refractivity contribution in [1.29, 1.82) is 0 Å². The smallest absolute Gasteiger partial charge is 0.315 e. The van der Waals surface area contributed by atoms with Gasteiger partial charge in [-0.1, -0.05) is 12.0 Å². The van der Waals surface area contributed by atoms with Gasteiger partial charge in [0.2, 0.25) is 5.89 Å². The van der Waals surface area contributed by atoms with Gasteiger partial charge in [0.25, 0.3) is 0 Å². The molecule has 15 heavy (non-hydrogen) atoms. The predicted molar refractivity (Wildman–Crippen MR) is 63.0 cm³/mol. The van der Waals surface area contributed by atoms with Crippen LogP contribution in [0.2, 0.25) is 0 Å². The van der Waals surface area contributed by atoms with Crippen LogP contribution in [0.4, 0.5) is 6.01 Å². The lowest BCUT2D eigenvalue weighted by Crippen LogP contribution is -2.21. The van der Waals surface area contributed by atoms with Gasteiger partial charge in [0.15, 0.2) is 0 Å². The van der Waals surface area contributed by atoms with E-state index < -0.39 is 0 Å². The van der Waals surface area contributed by atoms with Crippen LogP contribution in [0.3, 0.4) is 0 Å². The second kappa shape index (κ2) is 5.97. The van der Waals surface area contributed by atoms with E-state index >= 15 is 0 Å². The number of hydrogen-bond acceptors (Lipinski definition) is 6. The monoisotopic (exact) mass is 230 g/mol. The molecule has 5 nitrogen and oxygen atoms in total. The minimum Gasteiger partial charge on any atom is -0.406 e. The Labute approximate surface area is 94.2 Å². The third kappa shape index (κ3) is 3.71. The first kappa shape index (κ1) is 12.3. The molecule has 1 aromatic rings. The highest BCUT2D eigenvalue weighted by Gasteiger charge is 2.12. The fourth-order valence-electron chi connectivity index (χ4n) is 1.11. The lowest BCUT2D eigenvalue weighted by molar-refractivity contribution is 0.469. The molecule has 3 N–H and O–H groups in total. The normalized spacial score (nSPS) is 14.9. The van der Waals surface area contributed by atoms with Crippen molar-refractivity contribution in [1.82, 2.24) is 10.2 Å². The molecule has 0 aliphatic rings. The van der Waals surface area contributed by atoms with Crippen LogP contribution in [0.5, 0.6) is 0 Å². The lowest BCUT2D eigenvalue weighted by Gasteiger charge is -2.12. The van der Waals surface area contributed by atoms with Crippen molar-refractivity contribution in [2.75, 3.05) is 17.3 Å². The molecule has 0 aromatic carbocycles. The Morgan fingerprint density at radius 1 is 1.53 bits per heavy atom. The van der Waals surface area contributed by atoms with Gasteiger partial charge >= 0.3 is 6.01 Å². The number of nitrogens with zero attached hydrogens (tertiary/aromatic N) is 2. The molecule has 2 atom stereocenters. The second-order valence-electron chi connectivity index (χ2n) is 3.44. The van der Waals surface area contributed by atoms with Gasteiger partial charge in [0.05, 0.1) is 6.04 Å². The maximum absolute atomic E-state index is 5.62. The van der Waals surface area contributed by atoms with Crippen LogP contribution in [0.25, 0.3) is 0 Å². The minimum absolute atomic E-state index is 0.214. The summed E-state index contributed by atoms with van der Waals surface area (Å²) in [5.41, 5.74) is 5.62. The largest absolute Gasteiger partial charge is 0.406 e. The van der Waals surface area contributed by atoms with Gasteiger partial charge in [-0.15, -0.1) is 5.10 Å². The Morgan fingerprint density at radius 2 is 2.27 bits per heavy atom. The van der Waals surface area contributed by atoms with Crippen molar-refractivity contribution >= 4 is 17.8 Å². The van der Waals surface area contributed by atoms with Gasteiger partial charge in [0.1, 0.15) is 0 Å². The first-order valence-electron chi connectivity index (χ1n) is 5.01. The predicted octanol–water partition coefficient (Wildman–Crippen LogP) is 1.64. The topological polar surface area (TPSA) is 77.0 Å². The zero-order valence-corrected chi connectivity index (χ0v) is 10.2. The van der Waals surface area contributed by atoms with Gasteiger partial charge < -0.3 is 15.5 Å². The zero-order chi connectivity index (χ0) is 11.3. The summed E-state index contributed by atoms with van der Waals surface area (Å²) in [6, 6.07) is 0.609. The average Bonchev–Trinajstić information content (AvgIpc) is 2.65. The molecule has 0 fully saturated rings. The Balaban J connectivity index is 2.55. The Hall–Kier alpha value is -0.750. The van der Waals surface area contributed by atoms with Gasteiger partial charge in [-0.3, -0.25) is 0 Å². The van der Waals surface area contributed by atoms with Crippen LogP contribution in [0.15, 0.2) is 4.42 Å². The highest BCUT2D eigenvalue weighted by Crippen LogP contribution is 2.14. The van der Waals surface area contributed by atoms with E-state index in [4.69, 9.17) is 10.2 Å². The fourth-order valence-corrected chi connectivity index (χ4v) is 1.84. The van der Waals surface area contributed by atoms with Gasteiger partial charge in [-0.25, -0.2) is 0 Å². The molecule has 2 unspecified atom stereocenters. The molecular weight excluding hydrogens is 212 g/mol. The molecule has 0 saturated heterocycles. The Morgan fingerprint density at radius 3 is 2.73 bits per heavy atom. The molecule has 0 aliphatic carbocycles. The van der Waals surface area contributed by atoms with Crippen molar-refractivity contribution < 1.29 is 4.42 Å². The Bertz CT molecular complexity index is 289. The Kier molecular flexibility index (Phi) is 4.90. The fraction of sp³-hybridized carbons (Fsp3) is 0.778. The molecule has 0 aliphatic heterocycles. The number of anilines is 1. The lowest BCUT2D eigenvalue weighted by atomic mass is 10.3. The molecule has 0 spiro atoms. The van der Waals surface area contributed by atoms with E-state index in [-0.39, 0.29) is 6.04 Å². The van der Waals surface area contributed by atoms with E-state index in [1.54, 1.807) is 11.8 Å². The third-order valence-electron chi connectivity index (χ3n) is 2.02. The maximum Gasteiger partial charge on any atom is 0.315 e. The standard InChI is InChI=1S/C9H18N4OS/c1-4-7(5-15-3)11-9-13-12-8(14-9)6(2)10/h6-7H,4-5,10H2,1-3H3,(H,11,13). The first-order chi connectivity index (χ1) is 7.17. The molecule has 0 amide bonds. The number of nitrogens with two attached hydrogens (primary N) is 1. The second-order valence-corrected chi connectivity index (χ2v) is 4.35. The summed E-state index contributed by atoms with van der Waals surface area (Å²) in [5, 5.41) is 10.9. The van der Waals surface area contributed by atoms with E-state index in [0.717, 1.165) is 12.2 Å². The van der Waals surface area contributed by atoms with Crippen molar-refractivity contribution in [3.8, 4) is 0 Å². The van der Waals surface area contributed by atoms with Crippen LogP contribution in [0.1, 0.15) is 32.2 Å². The minimum atomic E-state index is -0.214. The maximum atomic E-state index is 5.62. The molecule has 6 heteroatoms. The zero-order valence-electron chi connectivity index (χ0n) is 9.36. The van der Waals surface area contributed by atoms with E-state index in [1.807, 2.05) is 6.92 Å². The molecule has 86 valence electrons. The molecular formula is C9H18N4OS. The molecule has 1 heterocycles. The van der Waals surface area contributed by atoms with E-state index in [2.05, 4.69) is 28.7 Å². The number of rotatable bonds is 6. The van der Waals surface area contributed by atoms with E-state index in [0.29, 0.717) is 17.9 Å². The summed E-state index contributed by atoms with van der Waals surface area (Å²) in [5.74, 6) is 1.49. The number of nitrogens with one attached hydrogen (secondary N) is 1. The van der Waals surface area contributed by atoms with Crippen LogP contribution in [0, 0.1) is 0 Å². The van der Waals surface area contributed by atoms with Crippen molar-refractivity contribution in [2.45, 2.75) is 32.4 Å². The average molecular weight is 230 g/mol. The quantitative estimate of drug-likeness (QED) is 0.773. The van der Waals surface area contributed by atoms with Crippen LogP contribution >= 0.6 is 11.8 Å². The third-order valence-corrected chi connectivity index (χ3v) is 2.75. The number of thioether (sulfide) groups is 1. The SMILES string of the molecule is CCC(CSC)Nc1nnc(C(C)N)o1. The van der Waals surface area contributed by atoms with Crippen LogP contribution < -0.4 is 11.1 Å². The van der Waals surface area contributed by atoms with E-state index in [9.17, 15) is 0 Å². The molecule has 0 bridgehead atoms. The molecule has 1 rings (SSSR count). The van der Waals surface area contributed by atoms with Crippen molar-refractivity contribution in [3.63, 3.8) is 0 Å². The summed E-state index contributed by atoms with van der Waals surface area (Å²) in [4.78, 5) is 0. The van der Waals surface area contributed by atoms with Gasteiger partial charge in [0, 0.05) is 11.8 Å². The van der Waals surface area contributed by atoms with E-state index in [1.165, 1.54) is 0 Å². The summed E-state index contributed by atoms with van der Waals surface area (Å²) in [6.45, 7) is 3.94. The summed E-state index contributed by atoms with van der Waals surface area (Å²) >= 11 is 1.79. The molecule has 1 aromatic heterocycles. The summed E-state index contributed by atoms with van der Waals surface area (Å²) in [7, 11) is 0. The van der Waals surface area contributed by atoms with Crippen LogP contribution in [-0.2, 0) is 0 Å². The van der Waals surface area contributed by atoms with Crippen molar-refractivity contribution in [3.05, 3.63) is 5.89 Å².